The van der Waals surface area contributed by atoms with Crippen LogP contribution >= 0.6 is 0 Å². The van der Waals surface area contributed by atoms with E-state index in [0.29, 0.717) is 17.5 Å². The van der Waals surface area contributed by atoms with E-state index in [0.717, 1.165) is 23.1 Å². The number of fused-ring (bicyclic) bond motifs is 8. The molecule has 1 aromatic heterocycles. The third-order valence-electron chi connectivity index (χ3n) is 8.76. The Morgan fingerprint density at radius 1 is 0.372 bits per heavy atom. The van der Waals surface area contributed by atoms with E-state index in [-0.39, 0.29) is 0 Å². The molecule has 0 aliphatic heterocycles. The largest absolute Gasteiger partial charge is 0.208 e. The number of benzene rings is 7. The number of aromatic nitrogens is 3. The van der Waals surface area contributed by atoms with Gasteiger partial charge in [0.15, 0.2) is 17.5 Å². The Morgan fingerprint density at radius 3 is 1.88 bits per heavy atom. The highest BCUT2D eigenvalue weighted by molar-refractivity contribution is 6.17. The summed E-state index contributed by atoms with van der Waals surface area (Å²) < 4.78 is 0. The van der Waals surface area contributed by atoms with Crippen molar-refractivity contribution in [1.82, 2.24) is 15.0 Å². The van der Waals surface area contributed by atoms with Crippen molar-refractivity contribution in [2.45, 2.75) is 6.42 Å². The Labute approximate surface area is 249 Å². The van der Waals surface area contributed by atoms with Crippen LogP contribution in [0, 0.1) is 0 Å². The third kappa shape index (κ3) is 3.86. The average molecular weight is 548 g/mol. The van der Waals surface area contributed by atoms with Gasteiger partial charge in [0.1, 0.15) is 0 Å². The van der Waals surface area contributed by atoms with Crippen LogP contribution in [0.4, 0.5) is 0 Å². The van der Waals surface area contributed by atoms with Crippen molar-refractivity contribution in [2.75, 3.05) is 0 Å². The molecule has 9 rings (SSSR count). The fraction of sp³-hybridized carbons (Fsp3) is 0.0250. The Balaban J connectivity index is 1.27. The molecule has 8 aromatic rings. The van der Waals surface area contributed by atoms with E-state index in [1.54, 1.807) is 0 Å². The molecule has 1 aliphatic rings. The lowest BCUT2D eigenvalue weighted by Crippen LogP contribution is -2.01. The predicted molar refractivity (Wildman–Crippen MR) is 177 cm³/mol. The molecule has 0 amide bonds. The first-order valence-corrected chi connectivity index (χ1v) is 14.7. The van der Waals surface area contributed by atoms with Crippen LogP contribution in [-0.2, 0) is 6.42 Å². The van der Waals surface area contributed by atoms with Gasteiger partial charge in [-0.3, -0.25) is 0 Å². The van der Waals surface area contributed by atoms with Crippen molar-refractivity contribution in [3.63, 3.8) is 0 Å². The maximum absolute atomic E-state index is 5.15. The zero-order chi connectivity index (χ0) is 28.3. The van der Waals surface area contributed by atoms with Gasteiger partial charge in [0.25, 0.3) is 0 Å². The Kier molecular flexibility index (Phi) is 5.26. The molecule has 0 saturated heterocycles. The van der Waals surface area contributed by atoms with Crippen molar-refractivity contribution in [3.05, 3.63) is 151 Å². The highest BCUT2D eigenvalue weighted by Crippen LogP contribution is 2.41. The third-order valence-corrected chi connectivity index (χ3v) is 8.76. The quantitative estimate of drug-likeness (QED) is 0.207. The van der Waals surface area contributed by atoms with Crippen molar-refractivity contribution in [3.8, 4) is 45.3 Å². The van der Waals surface area contributed by atoms with Crippen molar-refractivity contribution in [2.24, 2.45) is 0 Å². The smallest absolute Gasteiger partial charge is 0.164 e. The first kappa shape index (κ1) is 24.0. The lowest BCUT2D eigenvalue weighted by molar-refractivity contribution is 1.07. The molecule has 43 heavy (non-hydrogen) atoms. The fourth-order valence-electron chi connectivity index (χ4n) is 6.67. The van der Waals surface area contributed by atoms with E-state index in [1.807, 2.05) is 18.2 Å². The van der Waals surface area contributed by atoms with Gasteiger partial charge in [0.05, 0.1) is 0 Å². The average Bonchev–Trinajstić information content (AvgIpc) is 3.47. The molecular weight excluding hydrogens is 522 g/mol. The summed E-state index contributed by atoms with van der Waals surface area (Å²) in [5.74, 6) is 2.06. The molecule has 0 bridgehead atoms. The van der Waals surface area contributed by atoms with Crippen LogP contribution in [-0.4, -0.2) is 15.0 Å². The van der Waals surface area contributed by atoms with Crippen molar-refractivity contribution < 1.29 is 0 Å². The van der Waals surface area contributed by atoms with Crippen LogP contribution in [0.5, 0.6) is 0 Å². The summed E-state index contributed by atoms with van der Waals surface area (Å²) in [6.07, 6.45) is 0.874. The first-order valence-electron chi connectivity index (χ1n) is 14.7. The monoisotopic (exact) mass is 547 g/mol. The Bertz CT molecular complexity index is 2370. The minimum atomic E-state index is 0.677. The van der Waals surface area contributed by atoms with Crippen LogP contribution in [0.1, 0.15) is 11.1 Å². The standard InChI is InChI=1S/C40H25N3/c1-2-10-27(11-3-1)38-41-39(43-40(42-38)35-16-8-15-32-31-14-7-5-12-28(31)23-37(32)35)29-18-17-26-20-21-33-30-13-6-4-9-25(30)19-22-34(33)36(26)24-29/h1-22,24H,23H2. The second-order valence-electron chi connectivity index (χ2n) is 11.2. The van der Waals surface area contributed by atoms with Crippen LogP contribution in [0.25, 0.3) is 77.6 Å². The molecule has 200 valence electrons. The molecule has 7 aromatic carbocycles. The van der Waals surface area contributed by atoms with Gasteiger partial charge in [-0.05, 0) is 67.1 Å². The second-order valence-corrected chi connectivity index (χ2v) is 11.2. The highest BCUT2D eigenvalue weighted by atomic mass is 15.0. The van der Waals surface area contributed by atoms with Crippen LogP contribution in [0.3, 0.4) is 0 Å². The maximum Gasteiger partial charge on any atom is 0.164 e. The lowest BCUT2D eigenvalue weighted by Gasteiger charge is -2.12. The van der Waals surface area contributed by atoms with Gasteiger partial charge in [0.2, 0.25) is 0 Å². The highest BCUT2D eigenvalue weighted by Gasteiger charge is 2.23. The molecule has 0 N–H and O–H groups in total. The summed E-state index contributed by atoms with van der Waals surface area (Å²) >= 11 is 0. The topological polar surface area (TPSA) is 38.7 Å². The van der Waals surface area contributed by atoms with E-state index >= 15 is 0 Å². The molecule has 0 unspecified atom stereocenters. The summed E-state index contributed by atoms with van der Waals surface area (Å²) in [6, 6.07) is 49.4. The summed E-state index contributed by atoms with van der Waals surface area (Å²) in [6.45, 7) is 0. The zero-order valence-corrected chi connectivity index (χ0v) is 23.3. The predicted octanol–water partition coefficient (Wildman–Crippen LogP) is 9.90. The summed E-state index contributed by atoms with van der Waals surface area (Å²) in [4.78, 5) is 15.3. The molecule has 0 radical (unpaired) electrons. The molecule has 0 fully saturated rings. The molecular formula is C40H25N3. The molecule has 1 aliphatic carbocycles. The van der Waals surface area contributed by atoms with E-state index in [2.05, 4.69) is 121 Å². The normalized spacial score (nSPS) is 12.1. The van der Waals surface area contributed by atoms with E-state index in [9.17, 15) is 0 Å². The fourth-order valence-corrected chi connectivity index (χ4v) is 6.67. The van der Waals surface area contributed by atoms with Gasteiger partial charge < -0.3 is 0 Å². The summed E-state index contributed by atoms with van der Waals surface area (Å²) in [5.41, 5.74) is 8.19. The zero-order valence-electron chi connectivity index (χ0n) is 23.3. The molecule has 3 nitrogen and oxygen atoms in total. The minimum Gasteiger partial charge on any atom is -0.208 e. The van der Waals surface area contributed by atoms with Crippen molar-refractivity contribution >= 4 is 32.3 Å². The molecule has 1 heterocycles. The Hall–Kier alpha value is -5.67. The minimum absolute atomic E-state index is 0.677. The van der Waals surface area contributed by atoms with E-state index in [4.69, 9.17) is 15.0 Å². The summed E-state index contributed by atoms with van der Waals surface area (Å²) in [7, 11) is 0. The number of hydrogen-bond acceptors (Lipinski definition) is 3. The van der Waals surface area contributed by atoms with Crippen molar-refractivity contribution in [1.29, 1.82) is 0 Å². The van der Waals surface area contributed by atoms with E-state index < -0.39 is 0 Å². The number of rotatable bonds is 3. The van der Waals surface area contributed by atoms with Gasteiger partial charge in [-0.15, -0.1) is 0 Å². The number of nitrogens with zero attached hydrogens (tertiary/aromatic N) is 3. The summed E-state index contributed by atoms with van der Waals surface area (Å²) in [5, 5.41) is 7.39. The van der Waals surface area contributed by atoms with E-state index in [1.165, 1.54) is 54.6 Å². The molecule has 3 heteroatoms. The molecule has 0 saturated carbocycles. The Morgan fingerprint density at radius 2 is 1.00 bits per heavy atom. The van der Waals surface area contributed by atoms with Gasteiger partial charge in [0, 0.05) is 16.7 Å². The molecule has 0 atom stereocenters. The number of hydrogen-bond donors (Lipinski definition) is 0. The van der Waals surface area contributed by atoms with Crippen LogP contribution in [0.2, 0.25) is 0 Å². The van der Waals surface area contributed by atoms with Gasteiger partial charge >= 0.3 is 0 Å². The van der Waals surface area contributed by atoms with Crippen LogP contribution < -0.4 is 0 Å². The first-order chi connectivity index (χ1) is 21.3. The van der Waals surface area contributed by atoms with Gasteiger partial charge in [-0.25, -0.2) is 15.0 Å². The maximum atomic E-state index is 5.15. The van der Waals surface area contributed by atoms with Gasteiger partial charge in [-0.2, -0.15) is 0 Å². The van der Waals surface area contributed by atoms with Crippen LogP contribution in [0.15, 0.2) is 140 Å². The lowest BCUT2D eigenvalue weighted by atomic mass is 9.96. The second kappa shape index (κ2) is 9.43. The van der Waals surface area contributed by atoms with Gasteiger partial charge in [-0.1, -0.05) is 133 Å². The molecule has 0 spiro atoms. The SMILES string of the molecule is c1ccc(-c2nc(-c3ccc4ccc5c6ccccc6ccc5c4c3)nc(-c3cccc4c3Cc3ccccc3-4)n2)cc1.